The van der Waals surface area contributed by atoms with Gasteiger partial charge in [-0.1, -0.05) is 23.7 Å². The van der Waals surface area contributed by atoms with Crippen LogP contribution in [0, 0.1) is 0 Å². The summed E-state index contributed by atoms with van der Waals surface area (Å²) in [7, 11) is 1.74. The number of hydrogen-bond donors (Lipinski definition) is 1. The molecule has 0 spiro atoms. The maximum absolute atomic E-state index is 12.0. The zero-order valence-electron chi connectivity index (χ0n) is 13.8. The highest BCUT2D eigenvalue weighted by atomic mass is 35.5. The van der Waals surface area contributed by atoms with Crippen molar-refractivity contribution in [3.63, 3.8) is 0 Å². The van der Waals surface area contributed by atoms with E-state index in [0.717, 1.165) is 22.7 Å². The van der Waals surface area contributed by atoms with Crippen LogP contribution in [0.5, 0.6) is 0 Å². The van der Waals surface area contributed by atoms with Crippen LogP contribution in [-0.4, -0.2) is 29.7 Å². The van der Waals surface area contributed by atoms with Crippen LogP contribution >= 0.6 is 11.6 Å². The van der Waals surface area contributed by atoms with E-state index >= 15 is 0 Å². The minimum atomic E-state index is -0.481. The lowest BCUT2D eigenvalue weighted by Crippen LogP contribution is -2.33. The van der Waals surface area contributed by atoms with Crippen LogP contribution < -0.4 is 5.32 Å². The molecule has 0 unspecified atom stereocenters. The molecule has 1 N–H and O–H groups in total. The van der Waals surface area contributed by atoms with Crippen molar-refractivity contribution in [2.75, 3.05) is 7.05 Å². The molecule has 1 fully saturated rings. The van der Waals surface area contributed by atoms with Gasteiger partial charge in [0, 0.05) is 31.2 Å². The van der Waals surface area contributed by atoms with Crippen molar-refractivity contribution < 1.29 is 9.53 Å². The fraction of sp³-hybridized carbons (Fsp3) is 0.588. The second-order valence-corrected chi connectivity index (χ2v) is 7.32. The smallest absolute Gasteiger partial charge is 0.410 e. The molecular weight excluding hydrogens is 300 g/mol. The van der Waals surface area contributed by atoms with E-state index in [1.807, 2.05) is 32.9 Å². The zero-order chi connectivity index (χ0) is 16.3. The summed E-state index contributed by atoms with van der Waals surface area (Å²) >= 11 is 6.24. The van der Waals surface area contributed by atoms with Gasteiger partial charge < -0.3 is 15.0 Å². The third kappa shape index (κ3) is 5.50. The molecule has 1 aromatic rings. The van der Waals surface area contributed by atoms with Crippen molar-refractivity contribution in [3.8, 4) is 0 Å². The summed E-state index contributed by atoms with van der Waals surface area (Å²) in [6.45, 7) is 6.87. The Bertz CT molecular complexity index is 536. The second-order valence-electron chi connectivity index (χ2n) is 6.92. The number of nitrogens with one attached hydrogen (secondary N) is 1. The Morgan fingerprint density at radius 3 is 2.68 bits per heavy atom. The first-order valence-corrected chi connectivity index (χ1v) is 8.07. The van der Waals surface area contributed by atoms with Crippen LogP contribution in [0.2, 0.25) is 5.02 Å². The second kappa shape index (κ2) is 6.88. The zero-order valence-corrected chi connectivity index (χ0v) is 14.5. The molecule has 0 saturated heterocycles. The van der Waals surface area contributed by atoms with Gasteiger partial charge in [-0.2, -0.15) is 0 Å². The molecule has 1 aliphatic carbocycles. The number of ether oxygens (including phenoxy) is 1. The molecule has 0 heterocycles. The number of halogens is 1. The standard InChI is InChI=1S/C17H25ClN2O2/c1-17(2,3)22-16(21)20(4)11-12-5-8-15(18)13(9-12)10-19-14-6-7-14/h5,8-9,14,19H,6-7,10-11H2,1-4H3. The summed E-state index contributed by atoms with van der Waals surface area (Å²) < 4.78 is 5.36. The molecule has 0 aromatic heterocycles. The molecule has 122 valence electrons. The lowest BCUT2D eigenvalue weighted by Gasteiger charge is -2.24. The van der Waals surface area contributed by atoms with Gasteiger partial charge in [-0.15, -0.1) is 0 Å². The quantitative estimate of drug-likeness (QED) is 0.891. The normalized spacial score (nSPS) is 14.8. The molecule has 0 atom stereocenters. The molecule has 4 nitrogen and oxygen atoms in total. The largest absolute Gasteiger partial charge is 0.444 e. The number of carbonyl (C=O) groups is 1. The number of nitrogens with zero attached hydrogens (tertiary/aromatic N) is 1. The summed E-state index contributed by atoms with van der Waals surface area (Å²) in [5.41, 5.74) is 1.64. The van der Waals surface area contributed by atoms with Gasteiger partial charge in [-0.05, 0) is 50.8 Å². The highest BCUT2D eigenvalue weighted by Gasteiger charge is 2.21. The van der Waals surface area contributed by atoms with E-state index in [1.165, 1.54) is 12.8 Å². The minimum Gasteiger partial charge on any atom is -0.444 e. The van der Waals surface area contributed by atoms with Crippen LogP contribution in [0.1, 0.15) is 44.7 Å². The molecule has 2 rings (SSSR count). The van der Waals surface area contributed by atoms with Gasteiger partial charge in [0.25, 0.3) is 0 Å². The number of rotatable bonds is 5. The molecule has 1 aliphatic rings. The van der Waals surface area contributed by atoms with Crippen LogP contribution in [0.4, 0.5) is 4.79 Å². The summed E-state index contributed by atoms with van der Waals surface area (Å²) in [5, 5.41) is 4.22. The molecule has 0 bridgehead atoms. The predicted molar refractivity (Wildman–Crippen MR) is 89.0 cm³/mol. The summed E-state index contributed by atoms with van der Waals surface area (Å²) in [6, 6.07) is 6.54. The Balaban J connectivity index is 1.96. The van der Waals surface area contributed by atoms with Gasteiger partial charge in [0.15, 0.2) is 0 Å². The van der Waals surface area contributed by atoms with Crippen LogP contribution in [0.3, 0.4) is 0 Å². The third-order valence-electron chi connectivity index (χ3n) is 3.39. The summed E-state index contributed by atoms with van der Waals surface area (Å²) in [4.78, 5) is 13.6. The number of benzene rings is 1. The first kappa shape index (κ1) is 17.1. The maximum atomic E-state index is 12.0. The van der Waals surface area contributed by atoms with E-state index in [4.69, 9.17) is 16.3 Å². The number of amides is 1. The number of hydrogen-bond acceptors (Lipinski definition) is 3. The van der Waals surface area contributed by atoms with Crippen LogP contribution in [0.15, 0.2) is 18.2 Å². The average Bonchev–Trinajstić information content (AvgIpc) is 3.21. The lowest BCUT2D eigenvalue weighted by atomic mass is 10.1. The molecule has 5 heteroatoms. The van der Waals surface area contributed by atoms with Crippen molar-refractivity contribution in [2.24, 2.45) is 0 Å². The fourth-order valence-corrected chi connectivity index (χ4v) is 2.27. The molecule has 0 aliphatic heterocycles. The van der Waals surface area contributed by atoms with E-state index < -0.39 is 5.60 Å². The Labute approximate surface area is 137 Å². The van der Waals surface area contributed by atoms with E-state index in [-0.39, 0.29) is 6.09 Å². The SMILES string of the molecule is CN(Cc1ccc(Cl)c(CNC2CC2)c1)C(=O)OC(C)(C)C. The van der Waals surface area contributed by atoms with E-state index in [9.17, 15) is 4.79 Å². The van der Waals surface area contributed by atoms with Gasteiger partial charge in [-0.3, -0.25) is 0 Å². The van der Waals surface area contributed by atoms with Crippen LogP contribution in [0.25, 0.3) is 0 Å². The maximum Gasteiger partial charge on any atom is 0.410 e. The number of carbonyl (C=O) groups excluding carboxylic acids is 1. The van der Waals surface area contributed by atoms with Gasteiger partial charge >= 0.3 is 6.09 Å². The highest BCUT2D eigenvalue weighted by Crippen LogP contribution is 2.23. The van der Waals surface area contributed by atoms with Crippen molar-refractivity contribution >= 4 is 17.7 Å². The summed E-state index contributed by atoms with van der Waals surface area (Å²) in [6.07, 6.45) is 2.18. The lowest BCUT2D eigenvalue weighted by molar-refractivity contribution is 0.0285. The Morgan fingerprint density at radius 2 is 2.09 bits per heavy atom. The molecule has 1 saturated carbocycles. The predicted octanol–water partition coefficient (Wildman–Crippen LogP) is 3.96. The molecule has 22 heavy (non-hydrogen) atoms. The fourth-order valence-electron chi connectivity index (χ4n) is 2.08. The van der Waals surface area contributed by atoms with Gasteiger partial charge in [0.05, 0.1) is 0 Å². The first-order chi connectivity index (χ1) is 10.2. The highest BCUT2D eigenvalue weighted by molar-refractivity contribution is 6.31. The molecule has 1 aromatic carbocycles. The Morgan fingerprint density at radius 1 is 1.41 bits per heavy atom. The van der Waals surface area contributed by atoms with Gasteiger partial charge in [0.2, 0.25) is 0 Å². The monoisotopic (exact) mass is 324 g/mol. The van der Waals surface area contributed by atoms with Crippen molar-refractivity contribution in [2.45, 2.75) is 58.3 Å². The molecular formula is C17H25ClN2O2. The topological polar surface area (TPSA) is 41.6 Å². The van der Waals surface area contributed by atoms with Crippen molar-refractivity contribution in [1.82, 2.24) is 10.2 Å². The third-order valence-corrected chi connectivity index (χ3v) is 3.76. The van der Waals surface area contributed by atoms with Crippen molar-refractivity contribution in [1.29, 1.82) is 0 Å². The van der Waals surface area contributed by atoms with Crippen molar-refractivity contribution in [3.05, 3.63) is 34.3 Å². The Hall–Kier alpha value is -1.26. The van der Waals surface area contributed by atoms with E-state index in [1.54, 1.807) is 11.9 Å². The van der Waals surface area contributed by atoms with Gasteiger partial charge in [0.1, 0.15) is 5.60 Å². The van der Waals surface area contributed by atoms with Gasteiger partial charge in [-0.25, -0.2) is 4.79 Å². The molecule has 1 amide bonds. The Kier molecular flexibility index (Phi) is 5.35. The minimum absolute atomic E-state index is 0.319. The first-order valence-electron chi connectivity index (χ1n) is 7.69. The van der Waals surface area contributed by atoms with Crippen LogP contribution in [-0.2, 0) is 17.8 Å². The average molecular weight is 325 g/mol. The van der Waals surface area contributed by atoms with E-state index in [0.29, 0.717) is 12.6 Å². The van der Waals surface area contributed by atoms with E-state index in [2.05, 4.69) is 11.4 Å². The molecule has 0 radical (unpaired) electrons. The summed E-state index contributed by atoms with van der Waals surface area (Å²) in [5.74, 6) is 0.